The van der Waals surface area contributed by atoms with Gasteiger partial charge in [-0.05, 0) is 18.6 Å². The number of nitrogens with one attached hydrogen (secondary N) is 1. The molecular weight excluding hydrogens is 234 g/mol. The maximum absolute atomic E-state index is 12.1. The molecule has 2 rings (SSSR count). The Kier molecular flexibility index (Phi) is 3.38. The Morgan fingerprint density at radius 2 is 2.33 bits per heavy atom. The number of nitrogens with zero attached hydrogens (tertiary/aromatic N) is 2. The van der Waals surface area contributed by atoms with Crippen molar-refractivity contribution in [1.29, 1.82) is 0 Å². The first-order valence-corrected chi connectivity index (χ1v) is 5.51. The quantitative estimate of drug-likeness (QED) is 0.755. The standard InChI is InChI=1S/C12H13N3O3/c1-8-3-2-5-15-11(8)14-10(13-4-6-16)9(7-17)12(15)18/h2-3,5,7,13,16H,4,6H2,1H3. The van der Waals surface area contributed by atoms with Crippen LogP contribution in [0, 0.1) is 6.92 Å². The molecule has 0 saturated heterocycles. The number of hydrogen-bond acceptors (Lipinski definition) is 5. The minimum atomic E-state index is -0.417. The van der Waals surface area contributed by atoms with Gasteiger partial charge in [-0.15, -0.1) is 0 Å². The van der Waals surface area contributed by atoms with E-state index in [9.17, 15) is 9.59 Å². The first kappa shape index (κ1) is 12.3. The molecule has 2 aromatic heterocycles. The molecule has 0 radical (unpaired) electrons. The minimum absolute atomic E-state index is 0.0356. The highest BCUT2D eigenvalue weighted by molar-refractivity contribution is 5.82. The van der Waals surface area contributed by atoms with Crippen molar-refractivity contribution in [2.45, 2.75) is 6.92 Å². The molecule has 94 valence electrons. The first-order valence-electron chi connectivity index (χ1n) is 5.51. The molecule has 0 aliphatic heterocycles. The van der Waals surface area contributed by atoms with Gasteiger partial charge in [0.25, 0.3) is 5.56 Å². The number of carbonyl (C=O) groups excluding carboxylic acids is 1. The van der Waals surface area contributed by atoms with Gasteiger partial charge in [0.2, 0.25) is 0 Å². The van der Waals surface area contributed by atoms with Crippen LogP contribution < -0.4 is 10.9 Å². The number of aliphatic hydroxyl groups is 1. The number of carbonyl (C=O) groups is 1. The summed E-state index contributed by atoms with van der Waals surface area (Å²) in [5, 5.41) is 11.5. The number of pyridine rings is 1. The molecule has 0 fully saturated rings. The molecule has 6 heteroatoms. The Morgan fingerprint density at radius 3 is 3.00 bits per heavy atom. The van der Waals surface area contributed by atoms with Gasteiger partial charge >= 0.3 is 0 Å². The van der Waals surface area contributed by atoms with Gasteiger partial charge in [-0.1, -0.05) is 6.07 Å². The van der Waals surface area contributed by atoms with Crippen LogP contribution in [0.5, 0.6) is 0 Å². The molecule has 0 aliphatic rings. The average Bonchev–Trinajstić information content (AvgIpc) is 2.37. The van der Waals surface area contributed by atoms with Gasteiger partial charge in [0, 0.05) is 12.7 Å². The van der Waals surface area contributed by atoms with Gasteiger partial charge in [0.05, 0.1) is 6.61 Å². The van der Waals surface area contributed by atoms with Crippen molar-refractivity contribution in [1.82, 2.24) is 9.38 Å². The van der Waals surface area contributed by atoms with Crippen LogP contribution in [0.15, 0.2) is 23.1 Å². The third kappa shape index (κ3) is 1.98. The van der Waals surface area contributed by atoms with Crippen molar-refractivity contribution >= 4 is 17.8 Å². The molecule has 0 unspecified atom stereocenters. The molecule has 2 N–H and O–H groups in total. The highest BCUT2D eigenvalue weighted by atomic mass is 16.3. The van der Waals surface area contributed by atoms with Crippen LogP contribution in [0.2, 0.25) is 0 Å². The normalized spacial score (nSPS) is 10.6. The summed E-state index contributed by atoms with van der Waals surface area (Å²) < 4.78 is 1.34. The highest BCUT2D eigenvalue weighted by Crippen LogP contribution is 2.11. The molecule has 18 heavy (non-hydrogen) atoms. The largest absolute Gasteiger partial charge is 0.395 e. The summed E-state index contributed by atoms with van der Waals surface area (Å²) in [6.07, 6.45) is 2.05. The Hall–Kier alpha value is -2.21. The van der Waals surface area contributed by atoms with Crippen LogP contribution in [0.3, 0.4) is 0 Å². The molecule has 0 aliphatic carbocycles. The fraction of sp³-hybridized carbons (Fsp3) is 0.250. The maximum Gasteiger partial charge on any atom is 0.270 e. The lowest BCUT2D eigenvalue weighted by molar-refractivity contribution is 0.112. The lowest BCUT2D eigenvalue weighted by Crippen LogP contribution is -2.23. The summed E-state index contributed by atoms with van der Waals surface area (Å²) in [7, 11) is 0. The van der Waals surface area contributed by atoms with Gasteiger partial charge < -0.3 is 10.4 Å². The van der Waals surface area contributed by atoms with E-state index in [1.165, 1.54) is 4.40 Å². The molecule has 0 amide bonds. The number of rotatable bonds is 4. The van der Waals surface area contributed by atoms with Gasteiger partial charge in [-0.3, -0.25) is 14.0 Å². The zero-order chi connectivity index (χ0) is 13.1. The third-order valence-corrected chi connectivity index (χ3v) is 2.61. The maximum atomic E-state index is 12.1. The second-order valence-corrected chi connectivity index (χ2v) is 3.83. The number of anilines is 1. The lowest BCUT2D eigenvalue weighted by atomic mass is 10.2. The van der Waals surface area contributed by atoms with Crippen LogP contribution in [0.25, 0.3) is 5.65 Å². The van der Waals surface area contributed by atoms with Gasteiger partial charge in [-0.2, -0.15) is 0 Å². The Bertz CT molecular complexity index is 649. The molecule has 0 bridgehead atoms. The van der Waals surface area contributed by atoms with Crippen molar-refractivity contribution in [3.05, 3.63) is 39.8 Å². The number of aryl methyl sites for hydroxylation is 1. The van der Waals surface area contributed by atoms with Crippen LogP contribution >= 0.6 is 0 Å². The molecule has 0 atom stereocenters. The molecule has 2 heterocycles. The molecular formula is C12H13N3O3. The molecule has 0 spiro atoms. The van der Waals surface area contributed by atoms with Crippen molar-refractivity contribution in [2.24, 2.45) is 0 Å². The number of aldehydes is 1. The second-order valence-electron chi connectivity index (χ2n) is 3.83. The van der Waals surface area contributed by atoms with Crippen molar-refractivity contribution in [3.8, 4) is 0 Å². The van der Waals surface area contributed by atoms with E-state index in [1.54, 1.807) is 12.3 Å². The SMILES string of the molecule is Cc1cccn2c(=O)c(C=O)c(NCCO)nc12. The van der Waals surface area contributed by atoms with Crippen LogP contribution in [-0.2, 0) is 0 Å². The monoisotopic (exact) mass is 247 g/mol. The number of hydrogen-bond donors (Lipinski definition) is 2. The molecule has 6 nitrogen and oxygen atoms in total. The van der Waals surface area contributed by atoms with E-state index >= 15 is 0 Å². The van der Waals surface area contributed by atoms with Crippen molar-refractivity contribution < 1.29 is 9.90 Å². The smallest absolute Gasteiger partial charge is 0.270 e. The Morgan fingerprint density at radius 1 is 1.56 bits per heavy atom. The summed E-state index contributed by atoms with van der Waals surface area (Å²) >= 11 is 0. The summed E-state index contributed by atoms with van der Waals surface area (Å²) in [6.45, 7) is 1.96. The van der Waals surface area contributed by atoms with E-state index in [4.69, 9.17) is 5.11 Å². The zero-order valence-electron chi connectivity index (χ0n) is 9.88. The molecule has 0 saturated carbocycles. The van der Waals surface area contributed by atoms with E-state index in [-0.39, 0.29) is 24.5 Å². The number of aliphatic hydroxyl groups excluding tert-OH is 1. The zero-order valence-corrected chi connectivity index (χ0v) is 9.88. The third-order valence-electron chi connectivity index (χ3n) is 2.61. The minimum Gasteiger partial charge on any atom is -0.395 e. The topological polar surface area (TPSA) is 83.7 Å². The van der Waals surface area contributed by atoms with E-state index in [0.29, 0.717) is 11.9 Å². The number of aromatic nitrogens is 2. The van der Waals surface area contributed by atoms with E-state index in [2.05, 4.69) is 10.3 Å². The fourth-order valence-electron chi connectivity index (χ4n) is 1.73. The summed E-state index contributed by atoms with van der Waals surface area (Å²) in [4.78, 5) is 27.3. The summed E-state index contributed by atoms with van der Waals surface area (Å²) in [5.41, 5.74) is 0.873. The van der Waals surface area contributed by atoms with E-state index < -0.39 is 5.56 Å². The highest BCUT2D eigenvalue weighted by Gasteiger charge is 2.12. The average molecular weight is 247 g/mol. The Balaban J connectivity index is 2.74. The van der Waals surface area contributed by atoms with Crippen molar-refractivity contribution in [2.75, 3.05) is 18.5 Å². The lowest BCUT2D eigenvalue weighted by Gasteiger charge is -2.09. The number of fused-ring (bicyclic) bond motifs is 1. The summed E-state index contributed by atoms with van der Waals surface area (Å²) in [6, 6.07) is 3.55. The van der Waals surface area contributed by atoms with E-state index in [0.717, 1.165) is 5.56 Å². The van der Waals surface area contributed by atoms with Crippen molar-refractivity contribution in [3.63, 3.8) is 0 Å². The molecule has 0 aromatic carbocycles. The first-order chi connectivity index (χ1) is 8.69. The van der Waals surface area contributed by atoms with Gasteiger partial charge in [-0.25, -0.2) is 4.98 Å². The Labute approximate surface area is 103 Å². The van der Waals surface area contributed by atoms with Gasteiger partial charge in [0.15, 0.2) is 6.29 Å². The van der Waals surface area contributed by atoms with Gasteiger partial charge in [0.1, 0.15) is 17.0 Å². The van der Waals surface area contributed by atoms with Crippen LogP contribution in [-0.4, -0.2) is 33.9 Å². The fourth-order valence-corrected chi connectivity index (χ4v) is 1.73. The summed E-state index contributed by atoms with van der Waals surface area (Å²) in [5.74, 6) is 0.207. The molecule has 2 aromatic rings. The predicted molar refractivity (Wildman–Crippen MR) is 67.2 cm³/mol. The van der Waals surface area contributed by atoms with Crippen LogP contribution in [0.1, 0.15) is 15.9 Å². The predicted octanol–water partition coefficient (Wildman–Crippen LogP) is 0.220. The second kappa shape index (κ2) is 4.97. The van der Waals surface area contributed by atoms with E-state index in [1.807, 2.05) is 13.0 Å². The van der Waals surface area contributed by atoms with Crippen LogP contribution in [0.4, 0.5) is 5.82 Å².